The predicted octanol–water partition coefficient (Wildman–Crippen LogP) is 2.43. The molecule has 1 aliphatic rings. The normalized spacial score (nSPS) is 16.5. The highest BCUT2D eigenvalue weighted by Gasteiger charge is 2.24. The average molecular weight is 345 g/mol. The Morgan fingerprint density at radius 1 is 1.42 bits per heavy atom. The van der Waals surface area contributed by atoms with Crippen molar-refractivity contribution in [2.75, 3.05) is 19.0 Å². The summed E-state index contributed by atoms with van der Waals surface area (Å²) in [6, 6.07) is 0.0278. The van der Waals surface area contributed by atoms with Gasteiger partial charge in [0.25, 0.3) is 0 Å². The summed E-state index contributed by atoms with van der Waals surface area (Å²) >= 11 is 1.61. The maximum absolute atomic E-state index is 12.3. The van der Waals surface area contributed by atoms with E-state index in [9.17, 15) is 4.79 Å². The lowest BCUT2D eigenvalue weighted by Gasteiger charge is -2.26. The second-order valence-corrected chi connectivity index (χ2v) is 7.28. The van der Waals surface area contributed by atoms with Crippen molar-refractivity contribution >= 4 is 23.2 Å². The largest absolute Gasteiger partial charge is 0.349 e. The van der Waals surface area contributed by atoms with Crippen molar-refractivity contribution < 1.29 is 4.79 Å². The van der Waals surface area contributed by atoms with Gasteiger partial charge in [-0.25, -0.2) is 15.0 Å². The SMILES string of the molecule is Cc1ncsc1CCC(=O)NC1CCCc2nc(N(C)C)ncc21. The molecule has 1 N–H and O–H groups in total. The molecule has 0 aliphatic heterocycles. The number of hydrogen-bond donors (Lipinski definition) is 1. The molecule has 0 spiro atoms. The van der Waals surface area contributed by atoms with Gasteiger partial charge in [0.2, 0.25) is 11.9 Å². The lowest BCUT2D eigenvalue weighted by atomic mass is 9.92. The Labute approximate surface area is 146 Å². The number of aryl methyl sites for hydroxylation is 3. The topological polar surface area (TPSA) is 71.0 Å². The van der Waals surface area contributed by atoms with E-state index < -0.39 is 0 Å². The first kappa shape index (κ1) is 16.8. The van der Waals surface area contributed by atoms with Crippen LogP contribution in [-0.2, 0) is 17.6 Å². The molecule has 0 bridgehead atoms. The van der Waals surface area contributed by atoms with Crippen LogP contribution in [-0.4, -0.2) is 35.0 Å². The van der Waals surface area contributed by atoms with Crippen molar-refractivity contribution in [1.82, 2.24) is 20.3 Å². The molecule has 128 valence electrons. The molecule has 2 heterocycles. The summed E-state index contributed by atoms with van der Waals surface area (Å²) in [7, 11) is 3.87. The molecule has 0 aromatic carbocycles. The third-order valence-electron chi connectivity index (χ3n) is 4.33. The van der Waals surface area contributed by atoms with Gasteiger partial charge < -0.3 is 10.2 Å². The number of nitrogens with zero attached hydrogens (tertiary/aromatic N) is 4. The molecular weight excluding hydrogens is 322 g/mol. The summed E-state index contributed by atoms with van der Waals surface area (Å²) in [6.07, 6.45) is 6.04. The van der Waals surface area contributed by atoms with Gasteiger partial charge in [-0.15, -0.1) is 11.3 Å². The summed E-state index contributed by atoms with van der Waals surface area (Å²) in [6.45, 7) is 1.99. The lowest BCUT2D eigenvalue weighted by molar-refractivity contribution is -0.121. The summed E-state index contributed by atoms with van der Waals surface area (Å²) in [5, 5.41) is 3.16. The zero-order chi connectivity index (χ0) is 17.1. The summed E-state index contributed by atoms with van der Waals surface area (Å²) in [4.78, 5) is 28.7. The molecule has 0 fully saturated rings. The van der Waals surface area contributed by atoms with Crippen molar-refractivity contribution in [2.24, 2.45) is 0 Å². The zero-order valence-corrected chi connectivity index (χ0v) is 15.2. The van der Waals surface area contributed by atoms with Crippen LogP contribution in [0.2, 0.25) is 0 Å². The standard InChI is InChI=1S/C17H23N5OS/c1-11-15(24-10-19-11)7-8-16(23)20-13-5-4-6-14-12(13)9-18-17(21-14)22(2)3/h9-10,13H,4-8H2,1-3H3,(H,20,23). The van der Waals surface area contributed by atoms with Gasteiger partial charge in [-0.2, -0.15) is 0 Å². The number of rotatable bonds is 5. The average Bonchev–Trinajstić information content (AvgIpc) is 2.98. The van der Waals surface area contributed by atoms with E-state index in [1.54, 1.807) is 11.3 Å². The highest BCUT2D eigenvalue weighted by molar-refractivity contribution is 7.09. The maximum Gasteiger partial charge on any atom is 0.225 e. The Bertz CT molecular complexity index is 728. The molecule has 6 nitrogen and oxygen atoms in total. The van der Waals surface area contributed by atoms with E-state index in [-0.39, 0.29) is 11.9 Å². The van der Waals surface area contributed by atoms with Crippen LogP contribution in [0.4, 0.5) is 5.95 Å². The molecule has 2 aromatic heterocycles. The second kappa shape index (κ2) is 7.25. The van der Waals surface area contributed by atoms with Crippen molar-refractivity contribution in [3.05, 3.63) is 33.5 Å². The van der Waals surface area contributed by atoms with E-state index in [2.05, 4.69) is 20.3 Å². The fraction of sp³-hybridized carbons (Fsp3) is 0.529. The molecule has 7 heteroatoms. The third-order valence-corrected chi connectivity index (χ3v) is 5.32. The molecule has 0 saturated carbocycles. The number of anilines is 1. The van der Waals surface area contributed by atoms with E-state index in [1.165, 1.54) is 4.88 Å². The summed E-state index contributed by atoms with van der Waals surface area (Å²) in [5.74, 6) is 0.804. The molecule has 3 rings (SSSR count). The van der Waals surface area contributed by atoms with Gasteiger partial charge in [-0.05, 0) is 32.6 Å². The summed E-state index contributed by atoms with van der Waals surface area (Å²) in [5.41, 5.74) is 4.98. The van der Waals surface area contributed by atoms with Gasteiger partial charge in [-0.3, -0.25) is 4.79 Å². The van der Waals surface area contributed by atoms with Crippen LogP contribution >= 0.6 is 11.3 Å². The quantitative estimate of drug-likeness (QED) is 0.901. The number of carbonyl (C=O) groups excluding carboxylic acids is 1. The first-order chi connectivity index (χ1) is 11.5. The van der Waals surface area contributed by atoms with Crippen LogP contribution in [0, 0.1) is 6.92 Å². The van der Waals surface area contributed by atoms with Crippen molar-refractivity contribution in [2.45, 2.75) is 45.1 Å². The molecular formula is C17H23N5OS. The molecule has 1 amide bonds. The minimum Gasteiger partial charge on any atom is -0.349 e. The highest BCUT2D eigenvalue weighted by atomic mass is 32.1. The van der Waals surface area contributed by atoms with Crippen LogP contribution in [0.25, 0.3) is 0 Å². The minimum absolute atomic E-state index is 0.0278. The number of aromatic nitrogens is 3. The molecule has 1 atom stereocenters. The second-order valence-electron chi connectivity index (χ2n) is 6.34. The number of thiazole rings is 1. The molecule has 1 unspecified atom stereocenters. The third kappa shape index (κ3) is 3.72. The van der Waals surface area contributed by atoms with Gasteiger partial charge in [0.1, 0.15) is 0 Å². The molecule has 24 heavy (non-hydrogen) atoms. The number of hydrogen-bond acceptors (Lipinski definition) is 6. The van der Waals surface area contributed by atoms with Gasteiger partial charge in [0.05, 0.1) is 22.9 Å². The number of carbonyl (C=O) groups is 1. The Kier molecular flexibility index (Phi) is 5.08. The van der Waals surface area contributed by atoms with Gasteiger partial charge in [0.15, 0.2) is 0 Å². The fourth-order valence-electron chi connectivity index (χ4n) is 2.96. The van der Waals surface area contributed by atoms with Crippen LogP contribution < -0.4 is 10.2 Å². The lowest BCUT2D eigenvalue weighted by Crippen LogP contribution is -2.32. The van der Waals surface area contributed by atoms with Crippen molar-refractivity contribution in [3.8, 4) is 0 Å². The fourth-order valence-corrected chi connectivity index (χ4v) is 3.74. The first-order valence-electron chi connectivity index (χ1n) is 8.26. The zero-order valence-electron chi connectivity index (χ0n) is 14.4. The molecule has 1 aliphatic carbocycles. The predicted molar refractivity (Wildman–Crippen MR) is 95.4 cm³/mol. The molecule has 0 saturated heterocycles. The molecule has 2 aromatic rings. The van der Waals surface area contributed by atoms with Crippen LogP contribution in [0.5, 0.6) is 0 Å². The van der Waals surface area contributed by atoms with Crippen LogP contribution in [0.15, 0.2) is 11.7 Å². The van der Waals surface area contributed by atoms with Crippen LogP contribution in [0.1, 0.15) is 47.1 Å². The van der Waals surface area contributed by atoms with Crippen molar-refractivity contribution in [3.63, 3.8) is 0 Å². The first-order valence-corrected chi connectivity index (χ1v) is 9.14. The summed E-state index contributed by atoms with van der Waals surface area (Å²) < 4.78 is 0. The van der Waals surface area contributed by atoms with Gasteiger partial charge in [-0.1, -0.05) is 0 Å². The van der Waals surface area contributed by atoms with E-state index in [0.717, 1.165) is 48.6 Å². The highest BCUT2D eigenvalue weighted by Crippen LogP contribution is 2.29. The monoisotopic (exact) mass is 345 g/mol. The Morgan fingerprint density at radius 3 is 2.96 bits per heavy atom. The number of amides is 1. The van der Waals surface area contributed by atoms with Gasteiger partial charge >= 0.3 is 0 Å². The Balaban J connectivity index is 1.64. The van der Waals surface area contributed by atoms with E-state index in [0.29, 0.717) is 6.42 Å². The Hall–Kier alpha value is -2.02. The number of fused-ring (bicyclic) bond motifs is 1. The van der Waals surface area contributed by atoms with Crippen molar-refractivity contribution in [1.29, 1.82) is 0 Å². The van der Waals surface area contributed by atoms with Gasteiger partial charge in [0, 0.05) is 37.2 Å². The van der Waals surface area contributed by atoms with E-state index >= 15 is 0 Å². The molecule has 0 radical (unpaired) electrons. The maximum atomic E-state index is 12.3. The van der Waals surface area contributed by atoms with E-state index in [4.69, 9.17) is 0 Å². The van der Waals surface area contributed by atoms with Crippen LogP contribution in [0.3, 0.4) is 0 Å². The Morgan fingerprint density at radius 2 is 2.25 bits per heavy atom. The number of nitrogens with one attached hydrogen (secondary N) is 1. The van der Waals surface area contributed by atoms with E-state index in [1.807, 2.05) is 37.6 Å². The minimum atomic E-state index is 0.0278. The smallest absolute Gasteiger partial charge is 0.225 e.